The van der Waals surface area contributed by atoms with E-state index in [1.807, 2.05) is 24.3 Å². The van der Waals surface area contributed by atoms with E-state index in [4.69, 9.17) is 14.2 Å². The Labute approximate surface area is 164 Å². The van der Waals surface area contributed by atoms with Gasteiger partial charge in [-0.1, -0.05) is 6.07 Å². The van der Waals surface area contributed by atoms with E-state index in [2.05, 4.69) is 32.1 Å². The Kier molecular flexibility index (Phi) is 5.25. The summed E-state index contributed by atoms with van der Waals surface area (Å²) < 4.78 is 16.2. The number of anilines is 1. The van der Waals surface area contributed by atoms with Crippen molar-refractivity contribution in [3.63, 3.8) is 0 Å². The maximum atomic E-state index is 5.44. The van der Waals surface area contributed by atoms with Gasteiger partial charge in [-0.25, -0.2) is 0 Å². The van der Waals surface area contributed by atoms with Gasteiger partial charge in [0.15, 0.2) is 11.5 Å². The zero-order valence-electron chi connectivity index (χ0n) is 16.6. The molecular formula is C21H26N4O3. The third-order valence-electron chi connectivity index (χ3n) is 5.31. The van der Waals surface area contributed by atoms with Crippen LogP contribution < -0.4 is 19.1 Å². The van der Waals surface area contributed by atoms with Crippen LogP contribution in [0.4, 0.5) is 5.69 Å². The Balaban J connectivity index is 1.45. The van der Waals surface area contributed by atoms with Gasteiger partial charge in [0, 0.05) is 55.9 Å². The lowest BCUT2D eigenvalue weighted by Gasteiger charge is -2.36. The first-order chi connectivity index (χ1) is 13.7. The van der Waals surface area contributed by atoms with Crippen LogP contribution in [0.15, 0.2) is 36.4 Å². The highest BCUT2D eigenvalue weighted by molar-refractivity contribution is 5.85. The lowest BCUT2D eigenvalue weighted by atomic mass is 10.1. The molecule has 1 N–H and O–H groups in total. The number of methoxy groups -OCH3 is 3. The number of aromatic nitrogens is 2. The molecule has 2 aromatic carbocycles. The minimum Gasteiger partial charge on any atom is -0.497 e. The van der Waals surface area contributed by atoms with Crippen molar-refractivity contribution in [2.24, 2.45) is 0 Å². The highest BCUT2D eigenvalue weighted by Gasteiger charge is 2.20. The molecule has 7 nitrogen and oxygen atoms in total. The highest BCUT2D eigenvalue weighted by Crippen LogP contribution is 2.33. The van der Waals surface area contributed by atoms with E-state index in [0.717, 1.165) is 60.8 Å². The van der Waals surface area contributed by atoms with Gasteiger partial charge in [-0.05, 0) is 18.2 Å². The Hall–Kier alpha value is -2.93. The first kappa shape index (κ1) is 18.4. The van der Waals surface area contributed by atoms with Crippen molar-refractivity contribution in [2.45, 2.75) is 6.54 Å². The molecule has 0 radical (unpaired) electrons. The average Bonchev–Trinajstić information content (AvgIpc) is 3.14. The van der Waals surface area contributed by atoms with Gasteiger partial charge in [0.2, 0.25) is 0 Å². The molecule has 3 aromatic rings. The lowest BCUT2D eigenvalue weighted by molar-refractivity contribution is 0.248. The summed E-state index contributed by atoms with van der Waals surface area (Å²) in [5.74, 6) is 2.31. The second-order valence-electron chi connectivity index (χ2n) is 6.89. The highest BCUT2D eigenvalue weighted by atomic mass is 16.5. The molecule has 1 aliphatic heterocycles. The molecule has 2 heterocycles. The fourth-order valence-corrected chi connectivity index (χ4v) is 3.71. The molecule has 4 rings (SSSR count). The van der Waals surface area contributed by atoms with Crippen LogP contribution in [0.5, 0.6) is 17.2 Å². The van der Waals surface area contributed by atoms with Crippen molar-refractivity contribution in [1.29, 1.82) is 0 Å². The van der Waals surface area contributed by atoms with Gasteiger partial charge in [-0.2, -0.15) is 5.10 Å². The van der Waals surface area contributed by atoms with E-state index < -0.39 is 0 Å². The van der Waals surface area contributed by atoms with Gasteiger partial charge in [-0.3, -0.25) is 10.00 Å². The molecule has 0 amide bonds. The maximum absolute atomic E-state index is 5.44. The van der Waals surface area contributed by atoms with Gasteiger partial charge in [-0.15, -0.1) is 0 Å². The summed E-state index contributed by atoms with van der Waals surface area (Å²) in [5.41, 5.74) is 3.20. The summed E-state index contributed by atoms with van der Waals surface area (Å²) >= 11 is 0. The minimum absolute atomic E-state index is 0.694. The first-order valence-electron chi connectivity index (χ1n) is 9.42. The summed E-state index contributed by atoms with van der Waals surface area (Å²) in [6.07, 6.45) is 0. The predicted molar refractivity (Wildman–Crippen MR) is 110 cm³/mol. The number of piperazine rings is 1. The number of nitrogens with one attached hydrogen (secondary N) is 1. The van der Waals surface area contributed by atoms with Crippen molar-refractivity contribution in [3.05, 3.63) is 42.1 Å². The van der Waals surface area contributed by atoms with Crippen molar-refractivity contribution in [3.8, 4) is 17.2 Å². The average molecular weight is 382 g/mol. The second kappa shape index (κ2) is 7.98. The van der Waals surface area contributed by atoms with Gasteiger partial charge in [0.1, 0.15) is 5.75 Å². The molecule has 1 saturated heterocycles. The SMILES string of the molecule is COc1cccc(N2CCN(Cc3[nH]nc4cc(OC)c(OC)cc34)CC2)c1. The Morgan fingerprint density at radius 2 is 1.68 bits per heavy atom. The van der Waals surface area contributed by atoms with E-state index in [-0.39, 0.29) is 0 Å². The molecule has 0 saturated carbocycles. The summed E-state index contributed by atoms with van der Waals surface area (Å²) in [6.45, 7) is 4.78. The second-order valence-corrected chi connectivity index (χ2v) is 6.89. The first-order valence-corrected chi connectivity index (χ1v) is 9.42. The number of benzene rings is 2. The molecule has 0 aliphatic carbocycles. The van der Waals surface area contributed by atoms with Crippen LogP contribution in [0, 0.1) is 0 Å². The van der Waals surface area contributed by atoms with Crippen LogP contribution in [0.25, 0.3) is 10.9 Å². The van der Waals surface area contributed by atoms with Crippen LogP contribution in [0.2, 0.25) is 0 Å². The third kappa shape index (κ3) is 3.57. The Morgan fingerprint density at radius 1 is 0.929 bits per heavy atom. The zero-order chi connectivity index (χ0) is 19.5. The molecular weight excluding hydrogens is 356 g/mol. The van der Waals surface area contributed by atoms with E-state index >= 15 is 0 Å². The predicted octanol–water partition coefficient (Wildman–Crippen LogP) is 2.91. The largest absolute Gasteiger partial charge is 0.497 e. The number of ether oxygens (including phenoxy) is 3. The van der Waals surface area contributed by atoms with Crippen LogP contribution >= 0.6 is 0 Å². The molecule has 1 fully saturated rings. The molecule has 0 atom stereocenters. The van der Waals surface area contributed by atoms with Crippen molar-refractivity contribution in [2.75, 3.05) is 52.4 Å². The smallest absolute Gasteiger partial charge is 0.162 e. The van der Waals surface area contributed by atoms with Gasteiger partial charge in [0.25, 0.3) is 0 Å². The third-order valence-corrected chi connectivity index (χ3v) is 5.31. The minimum atomic E-state index is 0.694. The van der Waals surface area contributed by atoms with E-state index in [1.165, 1.54) is 5.69 Å². The zero-order valence-corrected chi connectivity index (χ0v) is 16.6. The molecule has 28 heavy (non-hydrogen) atoms. The molecule has 0 unspecified atom stereocenters. The van der Waals surface area contributed by atoms with Crippen LogP contribution in [0.1, 0.15) is 5.69 Å². The van der Waals surface area contributed by atoms with E-state index in [9.17, 15) is 0 Å². The van der Waals surface area contributed by atoms with Crippen LogP contribution in [-0.2, 0) is 6.54 Å². The number of aromatic amines is 1. The Bertz CT molecular complexity index is 948. The summed E-state index contributed by atoms with van der Waals surface area (Å²) in [6, 6.07) is 12.2. The number of rotatable bonds is 6. The van der Waals surface area contributed by atoms with E-state index in [0.29, 0.717) is 5.75 Å². The molecule has 7 heteroatoms. The van der Waals surface area contributed by atoms with Crippen molar-refractivity contribution >= 4 is 16.6 Å². The normalized spacial score (nSPS) is 15.0. The number of hydrogen-bond acceptors (Lipinski definition) is 6. The topological polar surface area (TPSA) is 62.9 Å². The molecule has 0 bridgehead atoms. The van der Waals surface area contributed by atoms with Crippen LogP contribution in [-0.4, -0.2) is 62.6 Å². The Morgan fingerprint density at radius 3 is 2.39 bits per heavy atom. The molecule has 1 aromatic heterocycles. The van der Waals surface area contributed by atoms with Gasteiger partial charge >= 0.3 is 0 Å². The van der Waals surface area contributed by atoms with E-state index in [1.54, 1.807) is 21.3 Å². The fraction of sp³-hybridized carbons (Fsp3) is 0.381. The van der Waals surface area contributed by atoms with Gasteiger partial charge in [0.05, 0.1) is 32.5 Å². The molecule has 1 aliphatic rings. The fourth-order valence-electron chi connectivity index (χ4n) is 3.71. The quantitative estimate of drug-likeness (QED) is 0.707. The van der Waals surface area contributed by atoms with Crippen LogP contribution in [0.3, 0.4) is 0 Å². The molecule has 0 spiro atoms. The number of hydrogen-bond donors (Lipinski definition) is 1. The van der Waals surface area contributed by atoms with Crippen molar-refractivity contribution < 1.29 is 14.2 Å². The lowest BCUT2D eigenvalue weighted by Crippen LogP contribution is -2.46. The maximum Gasteiger partial charge on any atom is 0.162 e. The number of fused-ring (bicyclic) bond motifs is 1. The molecule has 148 valence electrons. The summed E-state index contributed by atoms with van der Waals surface area (Å²) in [5, 5.41) is 8.70. The summed E-state index contributed by atoms with van der Waals surface area (Å²) in [4.78, 5) is 4.85. The number of nitrogens with zero attached hydrogens (tertiary/aromatic N) is 3. The summed E-state index contributed by atoms with van der Waals surface area (Å²) in [7, 11) is 5.00. The van der Waals surface area contributed by atoms with Gasteiger partial charge < -0.3 is 19.1 Å². The monoisotopic (exact) mass is 382 g/mol. The number of H-pyrrole nitrogens is 1. The standard InChI is InChI=1S/C21H26N4O3/c1-26-16-6-4-5-15(11-16)25-9-7-24(8-10-25)14-19-17-12-20(27-2)21(28-3)13-18(17)22-23-19/h4-6,11-13H,7-10,14H2,1-3H3,(H,22,23). The van der Waals surface area contributed by atoms with Crippen molar-refractivity contribution in [1.82, 2.24) is 15.1 Å².